The van der Waals surface area contributed by atoms with Crippen molar-refractivity contribution < 1.29 is 4.79 Å². The summed E-state index contributed by atoms with van der Waals surface area (Å²) in [6, 6.07) is 14.1. The third-order valence-corrected chi connectivity index (χ3v) is 4.19. The number of anilines is 3. The lowest BCUT2D eigenvalue weighted by molar-refractivity contribution is -0.116. The molecule has 0 radical (unpaired) electrons. The molecule has 6 heteroatoms. The van der Waals surface area contributed by atoms with E-state index in [1.807, 2.05) is 42.5 Å². The van der Waals surface area contributed by atoms with Crippen LogP contribution in [-0.4, -0.2) is 15.9 Å². The monoisotopic (exact) mass is 305 g/mol. The number of nitrogens with zero attached hydrogens (tertiary/aromatic N) is 2. The van der Waals surface area contributed by atoms with Gasteiger partial charge in [0.25, 0.3) is 0 Å². The molecule has 0 saturated carbocycles. The number of amides is 1. The molecule has 2 heterocycles. The molecule has 1 aromatic heterocycles. The van der Waals surface area contributed by atoms with Gasteiger partial charge >= 0.3 is 0 Å². The van der Waals surface area contributed by atoms with Crippen LogP contribution in [0.4, 0.5) is 17.6 Å². The van der Waals surface area contributed by atoms with Crippen molar-refractivity contribution in [2.75, 3.05) is 16.8 Å². The van der Waals surface area contributed by atoms with Crippen LogP contribution in [0.3, 0.4) is 0 Å². The van der Waals surface area contributed by atoms with Crippen LogP contribution >= 0.6 is 0 Å². The van der Waals surface area contributed by atoms with Gasteiger partial charge in [-0.05, 0) is 16.3 Å². The summed E-state index contributed by atoms with van der Waals surface area (Å²) < 4.78 is 0. The molecule has 2 aromatic carbocycles. The molecule has 0 unspecified atom stereocenters. The summed E-state index contributed by atoms with van der Waals surface area (Å²) in [7, 11) is 0. The van der Waals surface area contributed by atoms with Crippen molar-refractivity contribution in [3.63, 3.8) is 0 Å². The molecule has 0 saturated heterocycles. The van der Waals surface area contributed by atoms with Crippen LogP contribution in [0, 0.1) is 0 Å². The number of nitrogens with one attached hydrogen (secondary N) is 1. The van der Waals surface area contributed by atoms with Crippen molar-refractivity contribution in [3.8, 4) is 0 Å². The minimum atomic E-state index is -0.189. The third kappa shape index (κ3) is 2.15. The van der Waals surface area contributed by atoms with Gasteiger partial charge in [0.1, 0.15) is 11.6 Å². The molecule has 1 aliphatic heterocycles. The van der Waals surface area contributed by atoms with E-state index >= 15 is 0 Å². The van der Waals surface area contributed by atoms with Crippen molar-refractivity contribution in [1.29, 1.82) is 0 Å². The van der Waals surface area contributed by atoms with Crippen LogP contribution in [0.1, 0.15) is 23.5 Å². The number of rotatable bonds is 1. The number of hydrogen-bond acceptors (Lipinski definition) is 5. The molecule has 1 aliphatic rings. The fourth-order valence-corrected chi connectivity index (χ4v) is 3.23. The summed E-state index contributed by atoms with van der Waals surface area (Å²) in [6.45, 7) is 0. The summed E-state index contributed by atoms with van der Waals surface area (Å²) in [6.07, 6.45) is 0.304. The second-order valence-corrected chi connectivity index (χ2v) is 5.60. The van der Waals surface area contributed by atoms with Crippen LogP contribution in [0.2, 0.25) is 0 Å². The molecular weight excluding hydrogens is 290 g/mol. The lowest BCUT2D eigenvalue weighted by Gasteiger charge is -2.27. The Morgan fingerprint density at radius 1 is 1.04 bits per heavy atom. The minimum absolute atomic E-state index is 0.0557. The highest BCUT2D eigenvalue weighted by molar-refractivity contribution is 5.97. The zero-order valence-electron chi connectivity index (χ0n) is 12.3. The maximum absolute atomic E-state index is 12.1. The Kier molecular flexibility index (Phi) is 2.90. The largest absolute Gasteiger partial charge is 0.383 e. The second-order valence-electron chi connectivity index (χ2n) is 5.60. The lowest BCUT2D eigenvalue weighted by Crippen LogP contribution is -2.26. The molecule has 0 spiro atoms. The summed E-state index contributed by atoms with van der Waals surface area (Å²) in [5, 5.41) is 4.95. The van der Waals surface area contributed by atoms with E-state index in [-0.39, 0.29) is 17.8 Å². The average molecular weight is 305 g/mol. The summed E-state index contributed by atoms with van der Waals surface area (Å²) in [4.78, 5) is 20.3. The molecule has 3 aromatic rings. The Hall–Kier alpha value is -3.15. The molecule has 5 N–H and O–H groups in total. The Balaban J connectivity index is 1.98. The van der Waals surface area contributed by atoms with Gasteiger partial charge in [0.15, 0.2) is 0 Å². The Morgan fingerprint density at radius 2 is 1.83 bits per heavy atom. The maximum atomic E-state index is 12.1. The highest BCUT2D eigenvalue weighted by Gasteiger charge is 2.31. The molecule has 4 rings (SSSR count). The van der Waals surface area contributed by atoms with Gasteiger partial charge in [0.2, 0.25) is 11.9 Å². The molecule has 6 nitrogen and oxygen atoms in total. The predicted molar refractivity (Wildman–Crippen MR) is 89.9 cm³/mol. The first-order chi connectivity index (χ1) is 11.1. The van der Waals surface area contributed by atoms with Gasteiger partial charge in [0, 0.05) is 17.9 Å². The maximum Gasteiger partial charge on any atom is 0.226 e. The topological polar surface area (TPSA) is 107 Å². The van der Waals surface area contributed by atoms with Crippen molar-refractivity contribution in [1.82, 2.24) is 9.97 Å². The molecule has 0 bridgehead atoms. The fourth-order valence-electron chi connectivity index (χ4n) is 3.23. The van der Waals surface area contributed by atoms with E-state index in [0.717, 1.165) is 21.9 Å². The van der Waals surface area contributed by atoms with Gasteiger partial charge in [-0.2, -0.15) is 9.97 Å². The number of nitrogen functional groups attached to an aromatic ring is 2. The van der Waals surface area contributed by atoms with Gasteiger partial charge in [-0.25, -0.2) is 0 Å². The van der Waals surface area contributed by atoms with Crippen LogP contribution in [0.15, 0.2) is 42.5 Å². The SMILES string of the molecule is Nc1nc(N)c2c(n1)NC(=O)C[C@@H]2c1cccc2ccccc12. The van der Waals surface area contributed by atoms with E-state index < -0.39 is 0 Å². The van der Waals surface area contributed by atoms with Crippen molar-refractivity contribution in [3.05, 3.63) is 53.6 Å². The third-order valence-electron chi connectivity index (χ3n) is 4.19. The van der Waals surface area contributed by atoms with Gasteiger partial charge in [-0.3, -0.25) is 4.79 Å². The number of nitrogens with two attached hydrogens (primary N) is 2. The summed E-state index contributed by atoms with van der Waals surface area (Å²) in [5.41, 5.74) is 13.5. The first kappa shape index (κ1) is 13.5. The zero-order chi connectivity index (χ0) is 16.0. The zero-order valence-corrected chi connectivity index (χ0v) is 12.3. The average Bonchev–Trinajstić information content (AvgIpc) is 2.52. The standard InChI is InChI=1S/C17H15N5O/c18-15-14-12(8-13(23)20-16(14)22-17(19)21-15)11-7-3-5-9-4-1-2-6-10(9)11/h1-7,12H,8H2,(H5,18,19,20,21,22,23)/t12-/m1/s1. The van der Waals surface area contributed by atoms with E-state index in [1.54, 1.807) is 0 Å². The normalized spacial score (nSPS) is 16.9. The summed E-state index contributed by atoms with van der Waals surface area (Å²) in [5.74, 6) is 0.480. The van der Waals surface area contributed by atoms with Crippen molar-refractivity contribution >= 4 is 34.3 Å². The smallest absolute Gasteiger partial charge is 0.226 e. The van der Waals surface area contributed by atoms with Crippen LogP contribution < -0.4 is 16.8 Å². The van der Waals surface area contributed by atoms with Crippen LogP contribution in [0.25, 0.3) is 10.8 Å². The van der Waals surface area contributed by atoms with Crippen molar-refractivity contribution in [2.45, 2.75) is 12.3 Å². The first-order valence-electron chi connectivity index (χ1n) is 7.34. The van der Waals surface area contributed by atoms with E-state index in [4.69, 9.17) is 11.5 Å². The predicted octanol–water partition coefficient (Wildman–Crippen LogP) is 2.27. The molecule has 0 aliphatic carbocycles. The summed E-state index contributed by atoms with van der Waals surface area (Å²) >= 11 is 0. The molecule has 23 heavy (non-hydrogen) atoms. The molecule has 1 amide bonds. The molecule has 1 atom stereocenters. The minimum Gasteiger partial charge on any atom is -0.383 e. The van der Waals surface area contributed by atoms with E-state index in [9.17, 15) is 4.79 Å². The van der Waals surface area contributed by atoms with Crippen LogP contribution in [0.5, 0.6) is 0 Å². The number of hydrogen-bond donors (Lipinski definition) is 3. The number of aromatic nitrogens is 2. The quantitative estimate of drug-likeness (QED) is 0.639. The molecule has 114 valence electrons. The Morgan fingerprint density at radius 3 is 2.70 bits per heavy atom. The Bertz CT molecular complexity index is 932. The van der Waals surface area contributed by atoms with Gasteiger partial charge in [-0.1, -0.05) is 42.5 Å². The van der Waals surface area contributed by atoms with E-state index in [1.165, 1.54) is 0 Å². The van der Waals surface area contributed by atoms with E-state index in [2.05, 4.69) is 15.3 Å². The van der Waals surface area contributed by atoms with Gasteiger partial charge in [-0.15, -0.1) is 0 Å². The second kappa shape index (κ2) is 4.95. The number of fused-ring (bicyclic) bond motifs is 2. The van der Waals surface area contributed by atoms with Crippen LogP contribution in [-0.2, 0) is 4.79 Å². The lowest BCUT2D eigenvalue weighted by atomic mass is 9.84. The first-order valence-corrected chi connectivity index (χ1v) is 7.34. The van der Waals surface area contributed by atoms with E-state index in [0.29, 0.717) is 18.1 Å². The fraction of sp³-hybridized carbons (Fsp3) is 0.118. The number of benzene rings is 2. The van der Waals surface area contributed by atoms with Gasteiger partial charge < -0.3 is 16.8 Å². The molecular formula is C17H15N5O. The highest BCUT2D eigenvalue weighted by atomic mass is 16.1. The molecule has 0 fully saturated rings. The number of carbonyl (C=O) groups is 1. The number of carbonyl (C=O) groups excluding carboxylic acids is 1. The van der Waals surface area contributed by atoms with Gasteiger partial charge in [0.05, 0.1) is 0 Å². The highest BCUT2D eigenvalue weighted by Crippen LogP contribution is 2.41. The van der Waals surface area contributed by atoms with Crippen molar-refractivity contribution in [2.24, 2.45) is 0 Å². The Labute approximate surface area is 132 Å².